The van der Waals surface area contributed by atoms with Crippen LogP contribution in [0.1, 0.15) is 43.1 Å². The maximum atomic E-state index is 12.0. The standard InChI is InChI=1S/C12H15N3O4/c1-6(10(17)14-8-3-4-8)15-11(18)9(7(2)16)5-13-12(15)19/h5-6,8H,3-4H2,1-2H3,(H,13,19)(H,14,17). The number of rotatable bonds is 4. The van der Waals surface area contributed by atoms with Crippen LogP contribution in [0, 0.1) is 0 Å². The molecule has 7 nitrogen and oxygen atoms in total. The Balaban J connectivity index is 2.40. The third kappa shape index (κ3) is 2.64. The zero-order valence-electron chi connectivity index (χ0n) is 10.7. The Morgan fingerprint density at radius 2 is 2.05 bits per heavy atom. The molecular formula is C12H15N3O4. The van der Waals surface area contributed by atoms with Crippen LogP contribution in [0.5, 0.6) is 0 Å². The number of H-pyrrole nitrogens is 1. The number of nitrogens with one attached hydrogen (secondary N) is 2. The van der Waals surface area contributed by atoms with Crippen molar-refractivity contribution in [2.45, 2.75) is 38.8 Å². The Morgan fingerprint density at radius 1 is 1.42 bits per heavy atom. The highest BCUT2D eigenvalue weighted by atomic mass is 16.2. The second-order valence-corrected chi connectivity index (χ2v) is 4.70. The number of aromatic amines is 1. The van der Waals surface area contributed by atoms with Gasteiger partial charge in [0.2, 0.25) is 5.91 Å². The summed E-state index contributed by atoms with van der Waals surface area (Å²) >= 11 is 0. The summed E-state index contributed by atoms with van der Waals surface area (Å²) in [7, 11) is 0. The van der Waals surface area contributed by atoms with E-state index in [0.29, 0.717) is 0 Å². The maximum Gasteiger partial charge on any atom is 0.329 e. The first-order valence-corrected chi connectivity index (χ1v) is 6.07. The molecule has 1 amide bonds. The monoisotopic (exact) mass is 265 g/mol. The van der Waals surface area contributed by atoms with Gasteiger partial charge in [0.1, 0.15) is 6.04 Å². The lowest BCUT2D eigenvalue weighted by molar-refractivity contribution is -0.124. The van der Waals surface area contributed by atoms with Gasteiger partial charge in [0.05, 0.1) is 5.56 Å². The van der Waals surface area contributed by atoms with Crippen LogP contribution in [0.3, 0.4) is 0 Å². The molecule has 0 aromatic carbocycles. The summed E-state index contributed by atoms with van der Waals surface area (Å²) < 4.78 is 0.772. The molecule has 1 saturated carbocycles. The molecule has 2 rings (SSSR count). The average Bonchev–Trinajstić information content (AvgIpc) is 3.12. The van der Waals surface area contributed by atoms with E-state index in [1.54, 1.807) is 0 Å². The van der Waals surface area contributed by atoms with Crippen molar-refractivity contribution in [2.24, 2.45) is 0 Å². The van der Waals surface area contributed by atoms with Crippen LogP contribution < -0.4 is 16.6 Å². The Hall–Kier alpha value is -2.18. The number of hydrogen-bond acceptors (Lipinski definition) is 4. The molecule has 2 N–H and O–H groups in total. The van der Waals surface area contributed by atoms with E-state index >= 15 is 0 Å². The molecular weight excluding hydrogens is 250 g/mol. The third-order valence-corrected chi connectivity index (χ3v) is 3.08. The van der Waals surface area contributed by atoms with E-state index in [2.05, 4.69) is 10.3 Å². The number of Topliss-reactive ketones (excluding diaryl/α,β-unsaturated/α-hetero) is 1. The maximum absolute atomic E-state index is 12.0. The molecule has 0 radical (unpaired) electrons. The Morgan fingerprint density at radius 3 is 2.58 bits per heavy atom. The Bertz CT molecular complexity index is 639. The van der Waals surface area contributed by atoms with Crippen molar-refractivity contribution in [1.82, 2.24) is 14.9 Å². The molecule has 1 aliphatic carbocycles. The summed E-state index contributed by atoms with van der Waals surface area (Å²) in [5.41, 5.74) is -1.58. The lowest BCUT2D eigenvalue weighted by atomic mass is 10.2. The van der Waals surface area contributed by atoms with Gasteiger partial charge in [-0.25, -0.2) is 9.36 Å². The molecule has 0 aliphatic heterocycles. The Kier molecular flexibility index (Phi) is 3.37. The van der Waals surface area contributed by atoms with Gasteiger partial charge in [-0.2, -0.15) is 0 Å². The largest absolute Gasteiger partial charge is 0.352 e. The molecule has 0 bridgehead atoms. The second kappa shape index (κ2) is 4.83. The Labute approximate surface area is 108 Å². The quantitative estimate of drug-likeness (QED) is 0.722. The van der Waals surface area contributed by atoms with Crippen molar-refractivity contribution in [2.75, 3.05) is 0 Å². The first-order valence-electron chi connectivity index (χ1n) is 6.07. The highest BCUT2D eigenvalue weighted by Crippen LogP contribution is 2.19. The molecule has 1 aliphatic rings. The summed E-state index contributed by atoms with van der Waals surface area (Å²) in [4.78, 5) is 49.1. The van der Waals surface area contributed by atoms with Crippen LogP contribution in [0.4, 0.5) is 0 Å². The van der Waals surface area contributed by atoms with E-state index in [1.165, 1.54) is 13.8 Å². The fourth-order valence-electron chi connectivity index (χ4n) is 1.76. The van der Waals surface area contributed by atoms with E-state index < -0.39 is 29.0 Å². The van der Waals surface area contributed by atoms with Crippen molar-refractivity contribution >= 4 is 11.7 Å². The van der Waals surface area contributed by atoms with Crippen LogP contribution in [0.2, 0.25) is 0 Å². The van der Waals surface area contributed by atoms with Crippen molar-refractivity contribution in [3.63, 3.8) is 0 Å². The van der Waals surface area contributed by atoms with Crippen LogP contribution in [-0.4, -0.2) is 27.3 Å². The minimum absolute atomic E-state index is 0.134. The van der Waals surface area contributed by atoms with Crippen LogP contribution >= 0.6 is 0 Å². The molecule has 0 spiro atoms. The number of amides is 1. The van der Waals surface area contributed by atoms with E-state index in [-0.39, 0.29) is 11.6 Å². The molecule has 1 aromatic rings. The molecule has 1 aromatic heterocycles. The fourth-order valence-corrected chi connectivity index (χ4v) is 1.76. The first kappa shape index (κ1) is 13.3. The molecule has 7 heteroatoms. The first-order chi connectivity index (χ1) is 8.91. The number of carbonyl (C=O) groups is 2. The molecule has 102 valence electrons. The van der Waals surface area contributed by atoms with Gasteiger partial charge >= 0.3 is 5.69 Å². The van der Waals surface area contributed by atoms with E-state index in [9.17, 15) is 19.2 Å². The predicted molar refractivity (Wildman–Crippen MR) is 67.2 cm³/mol. The molecule has 1 atom stereocenters. The molecule has 0 saturated heterocycles. The third-order valence-electron chi connectivity index (χ3n) is 3.08. The average molecular weight is 265 g/mol. The lowest BCUT2D eigenvalue weighted by Crippen LogP contribution is -2.45. The number of aromatic nitrogens is 2. The molecule has 19 heavy (non-hydrogen) atoms. The van der Waals surface area contributed by atoms with Gasteiger partial charge in [-0.1, -0.05) is 0 Å². The topological polar surface area (TPSA) is 101 Å². The lowest BCUT2D eigenvalue weighted by Gasteiger charge is -2.14. The van der Waals surface area contributed by atoms with Crippen molar-refractivity contribution in [1.29, 1.82) is 0 Å². The summed E-state index contributed by atoms with van der Waals surface area (Å²) in [5.74, 6) is -0.847. The van der Waals surface area contributed by atoms with Crippen LogP contribution in [-0.2, 0) is 4.79 Å². The fraction of sp³-hybridized carbons (Fsp3) is 0.500. The van der Waals surface area contributed by atoms with Gasteiger partial charge < -0.3 is 10.3 Å². The van der Waals surface area contributed by atoms with Crippen LogP contribution in [0.15, 0.2) is 15.8 Å². The second-order valence-electron chi connectivity index (χ2n) is 4.70. The zero-order valence-corrected chi connectivity index (χ0v) is 10.7. The zero-order chi connectivity index (χ0) is 14.2. The molecule has 1 fully saturated rings. The number of ketones is 1. The highest BCUT2D eigenvalue weighted by molar-refractivity contribution is 5.93. The summed E-state index contributed by atoms with van der Waals surface area (Å²) in [6, 6.07) is -0.808. The summed E-state index contributed by atoms with van der Waals surface area (Å²) in [5, 5.41) is 2.72. The minimum atomic E-state index is -0.948. The SMILES string of the molecule is CC(=O)c1c[nH]c(=O)n(C(C)C(=O)NC2CC2)c1=O. The van der Waals surface area contributed by atoms with E-state index in [1.807, 2.05) is 0 Å². The van der Waals surface area contributed by atoms with Crippen molar-refractivity contribution < 1.29 is 9.59 Å². The van der Waals surface area contributed by atoms with Crippen LogP contribution in [0.25, 0.3) is 0 Å². The van der Waals surface area contributed by atoms with Gasteiger partial charge in [-0.3, -0.25) is 14.4 Å². The van der Waals surface area contributed by atoms with Crippen molar-refractivity contribution in [3.8, 4) is 0 Å². The smallest absolute Gasteiger partial charge is 0.329 e. The highest BCUT2D eigenvalue weighted by Gasteiger charge is 2.28. The van der Waals surface area contributed by atoms with Gasteiger partial charge in [0, 0.05) is 12.2 Å². The number of nitrogens with zero attached hydrogens (tertiary/aromatic N) is 1. The molecule has 1 heterocycles. The number of carbonyl (C=O) groups excluding carboxylic acids is 2. The minimum Gasteiger partial charge on any atom is -0.352 e. The normalized spacial score (nSPS) is 15.9. The summed E-state index contributed by atoms with van der Waals surface area (Å²) in [6.07, 6.45) is 2.91. The molecule has 1 unspecified atom stereocenters. The predicted octanol–water partition coefficient (Wildman–Crippen LogP) is -0.421. The van der Waals surface area contributed by atoms with E-state index in [4.69, 9.17) is 0 Å². The van der Waals surface area contributed by atoms with Gasteiger partial charge in [-0.15, -0.1) is 0 Å². The number of hydrogen-bond donors (Lipinski definition) is 2. The van der Waals surface area contributed by atoms with Gasteiger partial charge in [0.25, 0.3) is 5.56 Å². The van der Waals surface area contributed by atoms with Gasteiger partial charge in [0.15, 0.2) is 5.78 Å². The van der Waals surface area contributed by atoms with Crippen molar-refractivity contribution in [3.05, 3.63) is 32.6 Å². The van der Waals surface area contributed by atoms with E-state index in [0.717, 1.165) is 23.6 Å². The van der Waals surface area contributed by atoms with Gasteiger partial charge in [-0.05, 0) is 26.7 Å². The summed E-state index contributed by atoms with van der Waals surface area (Å²) in [6.45, 7) is 2.69.